The number of methoxy groups -OCH3 is 1. The van der Waals surface area contributed by atoms with Gasteiger partial charge < -0.3 is 9.53 Å². The van der Waals surface area contributed by atoms with Crippen molar-refractivity contribution in [3.05, 3.63) is 28.8 Å². The Balaban J connectivity index is 2.19. The van der Waals surface area contributed by atoms with E-state index >= 15 is 0 Å². The van der Waals surface area contributed by atoms with E-state index in [1.165, 1.54) is 29.4 Å². The number of hydrogen-bond donors (Lipinski definition) is 0. The molecule has 0 bridgehead atoms. The van der Waals surface area contributed by atoms with Gasteiger partial charge in [0.05, 0.1) is 12.5 Å². The Morgan fingerprint density at radius 2 is 2.00 bits per heavy atom. The Morgan fingerprint density at radius 3 is 2.61 bits per heavy atom. The lowest BCUT2D eigenvalue weighted by Crippen LogP contribution is -2.50. The minimum Gasteiger partial charge on any atom is -0.496 e. The van der Waals surface area contributed by atoms with Crippen LogP contribution in [0.4, 0.5) is 0 Å². The van der Waals surface area contributed by atoms with Crippen molar-refractivity contribution in [3.63, 3.8) is 0 Å². The minimum absolute atomic E-state index is 0.237. The molecule has 2 unspecified atom stereocenters. The summed E-state index contributed by atoms with van der Waals surface area (Å²) in [6.07, 6.45) is 6.83. The first-order valence-corrected chi connectivity index (χ1v) is 9.03. The Hall–Kier alpha value is -1.31. The molecule has 2 nitrogen and oxygen atoms in total. The number of carbonyl (C=O) groups excluding carboxylic acids is 1. The van der Waals surface area contributed by atoms with Gasteiger partial charge in [0.2, 0.25) is 0 Å². The Kier molecular flexibility index (Phi) is 4.06. The topological polar surface area (TPSA) is 26.3 Å². The molecule has 0 aliphatic heterocycles. The van der Waals surface area contributed by atoms with Gasteiger partial charge in [0.15, 0.2) is 0 Å². The van der Waals surface area contributed by atoms with Crippen LogP contribution in [0.5, 0.6) is 5.75 Å². The molecule has 3 rings (SSSR count). The maximum atomic E-state index is 12.3. The van der Waals surface area contributed by atoms with Crippen LogP contribution in [0.3, 0.4) is 0 Å². The third-order valence-corrected chi connectivity index (χ3v) is 6.47. The van der Waals surface area contributed by atoms with Gasteiger partial charge in [-0.2, -0.15) is 0 Å². The maximum absolute atomic E-state index is 12.3. The van der Waals surface area contributed by atoms with Crippen molar-refractivity contribution in [2.24, 2.45) is 11.3 Å². The van der Waals surface area contributed by atoms with Gasteiger partial charge in [0, 0.05) is 0 Å². The number of aldehydes is 1. The fraction of sp³-hybridized carbons (Fsp3) is 0.667. The van der Waals surface area contributed by atoms with E-state index in [1.54, 1.807) is 7.11 Å². The predicted octanol–water partition coefficient (Wildman–Crippen LogP) is 5.03. The van der Waals surface area contributed by atoms with Crippen molar-refractivity contribution < 1.29 is 9.53 Å². The summed E-state index contributed by atoms with van der Waals surface area (Å²) in [7, 11) is 1.74. The zero-order valence-corrected chi connectivity index (χ0v) is 15.2. The van der Waals surface area contributed by atoms with Crippen molar-refractivity contribution in [1.29, 1.82) is 0 Å². The molecule has 1 aromatic carbocycles. The molecule has 0 heterocycles. The van der Waals surface area contributed by atoms with Crippen molar-refractivity contribution in [1.82, 2.24) is 0 Å². The average Bonchev–Trinajstić information content (AvgIpc) is 2.52. The number of ether oxygens (including phenoxy) is 1. The lowest BCUT2D eigenvalue weighted by atomic mass is 9.50. The summed E-state index contributed by atoms with van der Waals surface area (Å²) >= 11 is 0. The summed E-state index contributed by atoms with van der Waals surface area (Å²) < 4.78 is 5.68. The van der Waals surface area contributed by atoms with Crippen molar-refractivity contribution >= 4 is 6.29 Å². The quantitative estimate of drug-likeness (QED) is 0.732. The van der Waals surface area contributed by atoms with Gasteiger partial charge in [0.25, 0.3) is 0 Å². The van der Waals surface area contributed by atoms with E-state index in [2.05, 4.69) is 39.8 Å². The molecule has 2 aliphatic carbocycles. The molecule has 23 heavy (non-hydrogen) atoms. The molecule has 1 aromatic rings. The summed E-state index contributed by atoms with van der Waals surface area (Å²) in [5, 5.41) is 0. The summed E-state index contributed by atoms with van der Waals surface area (Å²) in [6.45, 7) is 9.10. The van der Waals surface area contributed by atoms with Gasteiger partial charge in [0.1, 0.15) is 12.0 Å². The second kappa shape index (κ2) is 5.65. The molecule has 2 atom stereocenters. The second-order valence-corrected chi connectivity index (χ2v) is 8.50. The summed E-state index contributed by atoms with van der Waals surface area (Å²) in [5.74, 6) is 1.83. The van der Waals surface area contributed by atoms with Crippen LogP contribution in [0.1, 0.15) is 76.0 Å². The number of carbonyl (C=O) groups is 1. The lowest BCUT2D eigenvalue weighted by Gasteiger charge is -2.53. The highest BCUT2D eigenvalue weighted by Gasteiger charge is 2.52. The molecular formula is C21H30O2. The molecular weight excluding hydrogens is 284 g/mol. The minimum atomic E-state index is -0.307. The first kappa shape index (κ1) is 16.5. The van der Waals surface area contributed by atoms with Crippen LogP contribution in [0.25, 0.3) is 0 Å². The first-order chi connectivity index (χ1) is 10.9. The highest BCUT2D eigenvalue weighted by Crippen LogP contribution is 2.57. The SMILES string of the molecule is COc1cc2c(cc1C(C)C)CCC1C(C)(C)CCCC21C=O. The predicted molar refractivity (Wildman–Crippen MR) is 94.3 cm³/mol. The van der Waals surface area contributed by atoms with Gasteiger partial charge in [-0.05, 0) is 65.7 Å². The van der Waals surface area contributed by atoms with Crippen LogP contribution in [-0.4, -0.2) is 13.4 Å². The molecule has 1 fully saturated rings. The molecule has 0 N–H and O–H groups in total. The molecule has 126 valence electrons. The number of fused-ring (bicyclic) bond motifs is 3. The smallest absolute Gasteiger partial charge is 0.130 e. The maximum Gasteiger partial charge on any atom is 0.130 e. The highest BCUT2D eigenvalue weighted by molar-refractivity contribution is 5.73. The van der Waals surface area contributed by atoms with Gasteiger partial charge in [-0.1, -0.05) is 40.2 Å². The summed E-state index contributed by atoms with van der Waals surface area (Å²) in [5.41, 5.74) is 3.81. The monoisotopic (exact) mass is 314 g/mol. The van der Waals surface area contributed by atoms with Crippen LogP contribution in [0.2, 0.25) is 0 Å². The second-order valence-electron chi connectivity index (χ2n) is 8.50. The Labute approximate surface area is 140 Å². The van der Waals surface area contributed by atoms with E-state index in [9.17, 15) is 4.79 Å². The van der Waals surface area contributed by atoms with E-state index in [0.717, 1.165) is 31.4 Å². The van der Waals surface area contributed by atoms with Crippen LogP contribution in [-0.2, 0) is 16.6 Å². The largest absolute Gasteiger partial charge is 0.496 e. The van der Waals surface area contributed by atoms with Crippen molar-refractivity contribution in [2.75, 3.05) is 7.11 Å². The van der Waals surface area contributed by atoms with E-state index in [-0.39, 0.29) is 10.8 Å². The van der Waals surface area contributed by atoms with Crippen molar-refractivity contribution in [3.8, 4) is 5.75 Å². The molecule has 1 saturated carbocycles. The molecule has 0 amide bonds. The Bertz CT molecular complexity index is 615. The van der Waals surface area contributed by atoms with Crippen molar-refractivity contribution in [2.45, 2.75) is 71.1 Å². The van der Waals surface area contributed by atoms with Gasteiger partial charge in [-0.3, -0.25) is 0 Å². The van der Waals surface area contributed by atoms with Crippen LogP contribution >= 0.6 is 0 Å². The standard InChI is InChI=1S/C21H30O2/c1-14(2)16-11-15-7-8-19-20(3,4)9-6-10-21(19,13-22)17(15)12-18(16)23-5/h11-14,19H,6-10H2,1-5H3. The average molecular weight is 314 g/mol. The zero-order valence-electron chi connectivity index (χ0n) is 15.2. The normalized spacial score (nSPS) is 28.9. The molecule has 0 saturated heterocycles. The molecule has 2 heteroatoms. The fourth-order valence-electron chi connectivity index (χ4n) is 5.27. The summed E-state index contributed by atoms with van der Waals surface area (Å²) in [4.78, 5) is 12.3. The van der Waals surface area contributed by atoms with Crippen LogP contribution < -0.4 is 4.74 Å². The molecule has 2 aliphatic rings. The fourth-order valence-corrected chi connectivity index (χ4v) is 5.27. The molecule has 0 radical (unpaired) electrons. The van der Waals surface area contributed by atoms with E-state index in [0.29, 0.717) is 11.8 Å². The molecule has 0 aromatic heterocycles. The molecule has 0 spiro atoms. The third-order valence-electron chi connectivity index (χ3n) is 6.47. The third kappa shape index (κ3) is 2.42. The number of benzene rings is 1. The summed E-state index contributed by atoms with van der Waals surface area (Å²) in [6, 6.07) is 4.49. The van der Waals surface area contributed by atoms with Gasteiger partial charge in [-0.25, -0.2) is 0 Å². The Morgan fingerprint density at radius 1 is 1.26 bits per heavy atom. The number of hydrogen-bond acceptors (Lipinski definition) is 2. The number of rotatable bonds is 3. The zero-order chi connectivity index (χ0) is 16.8. The first-order valence-electron chi connectivity index (χ1n) is 9.03. The van der Waals surface area contributed by atoms with Gasteiger partial charge >= 0.3 is 0 Å². The van der Waals surface area contributed by atoms with E-state index in [4.69, 9.17) is 4.74 Å². The highest BCUT2D eigenvalue weighted by atomic mass is 16.5. The van der Waals surface area contributed by atoms with E-state index < -0.39 is 0 Å². The van der Waals surface area contributed by atoms with Gasteiger partial charge in [-0.15, -0.1) is 0 Å². The van der Waals surface area contributed by atoms with Crippen LogP contribution in [0, 0.1) is 11.3 Å². The number of aryl methyl sites for hydroxylation is 1. The lowest BCUT2D eigenvalue weighted by molar-refractivity contribution is -0.119. The van der Waals surface area contributed by atoms with Crippen LogP contribution in [0.15, 0.2) is 12.1 Å². The van der Waals surface area contributed by atoms with E-state index in [1.807, 2.05) is 0 Å².